The molecule has 0 saturated carbocycles. The van der Waals surface area contributed by atoms with Gasteiger partial charge in [0, 0.05) is 35.9 Å². The van der Waals surface area contributed by atoms with E-state index in [0.29, 0.717) is 5.56 Å². The van der Waals surface area contributed by atoms with Gasteiger partial charge in [-0.25, -0.2) is 17.2 Å². The van der Waals surface area contributed by atoms with Gasteiger partial charge in [0.05, 0.1) is 16.3 Å². The van der Waals surface area contributed by atoms with E-state index in [4.69, 9.17) is 11.6 Å². The molecule has 2 N–H and O–H groups in total. The molecule has 0 saturated heterocycles. The van der Waals surface area contributed by atoms with Crippen molar-refractivity contribution in [1.29, 1.82) is 0 Å². The zero-order chi connectivity index (χ0) is 20.7. The molecule has 3 aromatic rings. The van der Waals surface area contributed by atoms with Crippen molar-refractivity contribution in [1.82, 2.24) is 9.97 Å². The first-order chi connectivity index (χ1) is 13.0. The Bertz CT molecular complexity index is 1150. The molecule has 28 heavy (non-hydrogen) atoms. The molecule has 2 heterocycles. The topological polar surface area (TPSA) is 74.8 Å². The van der Waals surface area contributed by atoms with E-state index in [1.807, 2.05) is 0 Å². The molecule has 1 aromatic carbocycles. The fourth-order valence-electron chi connectivity index (χ4n) is 2.31. The predicted octanol–water partition coefficient (Wildman–Crippen LogP) is 4.83. The number of aromatic amines is 1. The van der Waals surface area contributed by atoms with Crippen molar-refractivity contribution < 1.29 is 30.4 Å². The third kappa shape index (κ3) is 3.94. The van der Waals surface area contributed by atoms with Gasteiger partial charge < -0.3 is 4.98 Å². The second-order valence-corrected chi connectivity index (χ2v) is 7.61. The van der Waals surface area contributed by atoms with Gasteiger partial charge in [-0.05, 0) is 18.2 Å². The van der Waals surface area contributed by atoms with Crippen LogP contribution in [0, 0.1) is 11.6 Å². The molecule has 148 valence electrons. The number of aromatic nitrogens is 2. The Kier molecular flexibility index (Phi) is 5.06. The Morgan fingerprint density at radius 1 is 1.11 bits per heavy atom. The summed E-state index contributed by atoms with van der Waals surface area (Å²) in [6.45, 7) is 0. The van der Waals surface area contributed by atoms with Crippen LogP contribution in [0.4, 0.5) is 27.6 Å². The summed E-state index contributed by atoms with van der Waals surface area (Å²) in [5.74, 6) is -3.40. The predicted molar refractivity (Wildman–Crippen MR) is 91.2 cm³/mol. The van der Waals surface area contributed by atoms with Crippen molar-refractivity contribution >= 4 is 27.3 Å². The summed E-state index contributed by atoms with van der Waals surface area (Å²) in [6, 6.07) is 2.64. The van der Waals surface area contributed by atoms with Gasteiger partial charge in [-0.3, -0.25) is 9.71 Å². The lowest BCUT2D eigenvalue weighted by atomic mass is 10.2. The monoisotopic (exact) mass is 437 g/mol. The molecule has 0 bridgehead atoms. The van der Waals surface area contributed by atoms with Crippen molar-refractivity contribution in [3.8, 4) is 11.3 Å². The highest BCUT2D eigenvalue weighted by atomic mass is 35.5. The minimum Gasteiger partial charge on any atom is -0.360 e. The molecule has 12 heteroatoms. The maximum atomic E-state index is 13.9. The number of nitrogens with zero attached hydrogens (tertiary/aromatic N) is 1. The Balaban J connectivity index is 1.93. The lowest BCUT2D eigenvalue weighted by molar-refractivity contribution is -0.140. The molecule has 0 fully saturated rings. The number of halogens is 6. The second-order valence-electron chi connectivity index (χ2n) is 5.52. The minimum absolute atomic E-state index is 0.120. The Labute approximate surface area is 160 Å². The zero-order valence-electron chi connectivity index (χ0n) is 13.5. The molecule has 0 aliphatic carbocycles. The number of nitrogens with one attached hydrogen (secondary N) is 2. The fourth-order valence-corrected chi connectivity index (χ4v) is 3.56. The molecule has 0 atom stereocenters. The molecule has 0 aliphatic rings. The van der Waals surface area contributed by atoms with E-state index >= 15 is 0 Å². The first-order valence-corrected chi connectivity index (χ1v) is 9.22. The molecule has 0 spiro atoms. The molecule has 0 radical (unpaired) electrons. The molecule has 5 nitrogen and oxygen atoms in total. The summed E-state index contributed by atoms with van der Waals surface area (Å²) in [4.78, 5) is 6.13. The summed E-state index contributed by atoms with van der Waals surface area (Å²) in [6.07, 6.45) is -1.26. The maximum absolute atomic E-state index is 13.9. The molecule has 3 rings (SSSR count). The number of H-pyrrole nitrogens is 1. The van der Waals surface area contributed by atoms with Crippen molar-refractivity contribution in [3.05, 3.63) is 65.1 Å². The number of benzene rings is 1. The van der Waals surface area contributed by atoms with Crippen molar-refractivity contribution in [3.63, 3.8) is 0 Å². The molecule has 0 unspecified atom stereocenters. The highest BCUT2D eigenvalue weighted by molar-refractivity contribution is 7.92. The summed E-state index contributed by atoms with van der Waals surface area (Å²) < 4.78 is 91.8. The number of hydrogen-bond donors (Lipinski definition) is 2. The average Bonchev–Trinajstić information content (AvgIpc) is 3.08. The SMILES string of the molecule is O=S(=O)(Nc1cc(F)c(C(F)(F)F)cc1F)c1c[nH]c(-c2cnccc2Cl)c1. The van der Waals surface area contributed by atoms with E-state index in [1.165, 1.54) is 18.5 Å². The maximum Gasteiger partial charge on any atom is 0.419 e. The number of rotatable bonds is 4. The van der Waals surface area contributed by atoms with Crippen LogP contribution in [0.15, 0.2) is 47.8 Å². The third-order valence-corrected chi connectivity index (χ3v) is 5.31. The molecule has 2 aromatic heterocycles. The van der Waals surface area contributed by atoms with Crippen LogP contribution in [0.2, 0.25) is 5.02 Å². The average molecular weight is 438 g/mol. The summed E-state index contributed by atoms with van der Waals surface area (Å²) >= 11 is 5.99. The van der Waals surface area contributed by atoms with Gasteiger partial charge in [-0.2, -0.15) is 13.2 Å². The standard InChI is InChI=1S/C16H9ClF5N3O2S/c17-11-1-2-23-7-9(11)14-3-8(6-24-14)28(26,27)25-15-5-12(18)10(4-13(15)19)16(20,21)22/h1-7,24-25H. The van der Waals surface area contributed by atoms with Gasteiger partial charge in [0.25, 0.3) is 10.0 Å². The van der Waals surface area contributed by atoms with Gasteiger partial charge in [0.1, 0.15) is 16.5 Å². The van der Waals surface area contributed by atoms with Gasteiger partial charge in [-0.1, -0.05) is 11.6 Å². The number of sulfonamides is 1. The first-order valence-electron chi connectivity index (χ1n) is 7.36. The molecule has 0 amide bonds. The highest BCUT2D eigenvalue weighted by Gasteiger charge is 2.35. The summed E-state index contributed by atoms with van der Waals surface area (Å²) in [5, 5.41) is 0.282. The number of pyridine rings is 1. The molecule has 0 aliphatic heterocycles. The first kappa shape index (κ1) is 20.1. The van der Waals surface area contributed by atoms with Crippen molar-refractivity contribution in [2.45, 2.75) is 11.1 Å². The van der Waals surface area contributed by atoms with Gasteiger partial charge in [0.15, 0.2) is 0 Å². The Hall–Kier alpha value is -2.66. The van der Waals surface area contributed by atoms with Gasteiger partial charge in [-0.15, -0.1) is 0 Å². The normalized spacial score (nSPS) is 12.2. The lowest BCUT2D eigenvalue weighted by Gasteiger charge is -2.12. The third-order valence-electron chi connectivity index (χ3n) is 3.63. The van der Waals surface area contributed by atoms with E-state index in [0.717, 1.165) is 12.3 Å². The smallest absolute Gasteiger partial charge is 0.360 e. The highest BCUT2D eigenvalue weighted by Crippen LogP contribution is 2.34. The molecular weight excluding hydrogens is 429 g/mol. The van der Waals surface area contributed by atoms with E-state index in [2.05, 4.69) is 9.97 Å². The lowest BCUT2D eigenvalue weighted by Crippen LogP contribution is -2.15. The van der Waals surface area contributed by atoms with E-state index in [9.17, 15) is 30.4 Å². The summed E-state index contributed by atoms with van der Waals surface area (Å²) in [7, 11) is -4.43. The van der Waals surface area contributed by atoms with Gasteiger partial charge in [0.2, 0.25) is 0 Å². The zero-order valence-corrected chi connectivity index (χ0v) is 15.1. The van der Waals surface area contributed by atoms with Gasteiger partial charge >= 0.3 is 6.18 Å². The minimum atomic E-state index is -5.12. The van der Waals surface area contributed by atoms with Crippen LogP contribution in [0.5, 0.6) is 0 Å². The van der Waals surface area contributed by atoms with Crippen LogP contribution >= 0.6 is 11.6 Å². The second kappa shape index (κ2) is 7.06. The number of alkyl halides is 3. The molecular formula is C16H9ClF5N3O2S. The van der Waals surface area contributed by atoms with Crippen LogP contribution in [-0.4, -0.2) is 18.4 Å². The van der Waals surface area contributed by atoms with Crippen LogP contribution in [0.25, 0.3) is 11.3 Å². The Morgan fingerprint density at radius 3 is 2.46 bits per heavy atom. The summed E-state index contributed by atoms with van der Waals surface area (Å²) in [5.41, 5.74) is -2.15. The van der Waals surface area contributed by atoms with Crippen LogP contribution < -0.4 is 4.72 Å². The largest absolute Gasteiger partial charge is 0.419 e. The fraction of sp³-hybridized carbons (Fsp3) is 0.0625. The van der Waals surface area contributed by atoms with Crippen molar-refractivity contribution in [2.75, 3.05) is 4.72 Å². The van der Waals surface area contributed by atoms with Crippen molar-refractivity contribution in [2.24, 2.45) is 0 Å². The van der Waals surface area contributed by atoms with E-state index in [1.54, 1.807) is 4.72 Å². The van der Waals surface area contributed by atoms with Crippen LogP contribution in [0.3, 0.4) is 0 Å². The van der Waals surface area contributed by atoms with E-state index < -0.39 is 39.1 Å². The number of anilines is 1. The van der Waals surface area contributed by atoms with Crippen LogP contribution in [-0.2, 0) is 16.2 Å². The van der Waals surface area contributed by atoms with Crippen LogP contribution in [0.1, 0.15) is 5.56 Å². The Morgan fingerprint density at radius 2 is 1.82 bits per heavy atom. The van der Waals surface area contributed by atoms with E-state index in [-0.39, 0.29) is 27.7 Å². The number of hydrogen-bond acceptors (Lipinski definition) is 3. The quantitative estimate of drug-likeness (QED) is 0.574.